The summed E-state index contributed by atoms with van der Waals surface area (Å²) in [7, 11) is 3.37. The van der Waals surface area contributed by atoms with Gasteiger partial charge in [-0.1, -0.05) is 47.9 Å². The first-order valence-electron chi connectivity index (χ1n) is 9.00. The first-order chi connectivity index (χ1) is 13.8. The fourth-order valence-electron chi connectivity index (χ4n) is 3.21. The number of para-hydroxylation sites is 1. The molecule has 150 valence electrons. The molecule has 0 unspecified atom stereocenters. The van der Waals surface area contributed by atoms with Crippen LogP contribution in [0.1, 0.15) is 13.8 Å². The quantitative estimate of drug-likeness (QED) is 0.641. The lowest BCUT2D eigenvalue weighted by Gasteiger charge is -2.17. The summed E-state index contributed by atoms with van der Waals surface area (Å²) in [6.45, 7) is 4.92. The van der Waals surface area contributed by atoms with E-state index in [2.05, 4.69) is 30.0 Å². The van der Waals surface area contributed by atoms with Crippen LogP contribution in [0, 0.1) is 0 Å². The zero-order chi connectivity index (χ0) is 20.9. The van der Waals surface area contributed by atoms with Gasteiger partial charge in [0.1, 0.15) is 13.9 Å². The van der Waals surface area contributed by atoms with Crippen molar-refractivity contribution in [3.63, 3.8) is 0 Å². The molecule has 0 spiro atoms. The van der Waals surface area contributed by atoms with Gasteiger partial charge in [-0.15, -0.1) is 11.3 Å². The van der Waals surface area contributed by atoms with Crippen LogP contribution in [-0.2, 0) is 11.8 Å². The number of allylic oxidation sites excluding steroid dienone is 1. The van der Waals surface area contributed by atoms with Gasteiger partial charge in [0.15, 0.2) is 0 Å². The number of carbonyl (C=O) groups is 1. The van der Waals surface area contributed by atoms with Crippen molar-refractivity contribution in [3.8, 4) is 0 Å². The third-order valence-electron chi connectivity index (χ3n) is 4.81. The zero-order valence-electron chi connectivity index (χ0n) is 16.4. The van der Waals surface area contributed by atoms with E-state index in [1.54, 1.807) is 30.4 Å². The molecule has 9 heteroatoms. The second kappa shape index (κ2) is 7.79. The summed E-state index contributed by atoms with van der Waals surface area (Å²) >= 11 is 9.54. The predicted molar refractivity (Wildman–Crippen MR) is 128 cm³/mol. The highest BCUT2D eigenvalue weighted by atomic mass is 32.2. The molecule has 0 saturated carbocycles. The van der Waals surface area contributed by atoms with E-state index < -0.39 is 0 Å². The molecular formula is C20H19N3O2S4. The van der Waals surface area contributed by atoms with E-state index in [0.717, 1.165) is 17.1 Å². The molecule has 2 aliphatic rings. The van der Waals surface area contributed by atoms with E-state index in [4.69, 9.17) is 12.2 Å². The maximum atomic E-state index is 12.9. The molecule has 0 bridgehead atoms. The fourth-order valence-corrected chi connectivity index (χ4v) is 6.90. The minimum Gasteiger partial charge on any atom is -0.335 e. The number of thiocarbonyl (C=S) groups is 1. The number of aromatic nitrogens is 1. The van der Waals surface area contributed by atoms with Gasteiger partial charge in [-0.3, -0.25) is 14.5 Å². The summed E-state index contributed by atoms with van der Waals surface area (Å²) in [5.41, 5.74) is 1.99. The van der Waals surface area contributed by atoms with E-state index in [9.17, 15) is 9.59 Å². The first kappa shape index (κ1) is 20.5. The van der Waals surface area contributed by atoms with Gasteiger partial charge in [0.2, 0.25) is 0 Å². The number of benzene rings is 1. The average molecular weight is 462 g/mol. The Hall–Kier alpha value is -1.81. The molecule has 4 rings (SSSR count). The number of fused-ring (bicyclic) bond motifs is 1. The summed E-state index contributed by atoms with van der Waals surface area (Å²) in [6, 6.07) is 8.30. The van der Waals surface area contributed by atoms with E-state index in [-0.39, 0.29) is 11.5 Å². The second-order valence-electron chi connectivity index (χ2n) is 6.64. The fraction of sp³-hybridized carbons (Fsp3) is 0.250. The van der Waals surface area contributed by atoms with E-state index in [1.165, 1.54) is 38.6 Å². The van der Waals surface area contributed by atoms with Gasteiger partial charge >= 0.3 is 0 Å². The Labute approximate surface area is 186 Å². The number of carbonyl (C=O) groups excluding carboxylic acids is 1. The number of anilines is 1. The van der Waals surface area contributed by atoms with Crippen LogP contribution in [0.4, 0.5) is 5.69 Å². The van der Waals surface area contributed by atoms with Gasteiger partial charge in [0.05, 0.1) is 15.2 Å². The maximum absolute atomic E-state index is 12.9. The summed E-state index contributed by atoms with van der Waals surface area (Å²) in [6.07, 6.45) is 2.07. The molecule has 29 heavy (non-hydrogen) atoms. The molecule has 2 aliphatic heterocycles. The van der Waals surface area contributed by atoms with Gasteiger partial charge in [0.25, 0.3) is 11.5 Å². The zero-order valence-corrected chi connectivity index (χ0v) is 19.7. The van der Waals surface area contributed by atoms with Crippen LogP contribution in [0.3, 0.4) is 0 Å². The molecule has 2 aromatic rings. The lowest BCUT2D eigenvalue weighted by molar-refractivity contribution is -0.119. The van der Waals surface area contributed by atoms with Crippen molar-refractivity contribution in [3.05, 3.63) is 54.9 Å². The number of thioether (sulfide) groups is 2. The van der Waals surface area contributed by atoms with Gasteiger partial charge in [-0.05, 0) is 37.6 Å². The molecule has 0 aliphatic carbocycles. The molecule has 3 heterocycles. The standard InChI is InChI=1S/C20H19N3O2S4/c1-5-23-12-8-6-7-9-13(12)27-14(23)10-11(2)15-17(24)21(3)19(28-15)16-18(25)22(4)20(26)29-16/h6-10H,5H2,1-4H3/b14-10-,15-11+,19-16-. The van der Waals surface area contributed by atoms with Crippen LogP contribution >= 0.6 is 47.1 Å². The smallest absolute Gasteiger partial charge is 0.269 e. The molecule has 0 radical (unpaired) electrons. The Morgan fingerprint density at radius 2 is 1.90 bits per heavy atom. The summed E-state index contributed by atoms with van der Waals surface area (Å²) in [4.78, 5) is 30.8. The molecule has 1 amide bonds. The third-order valence-corrected chi connectivity index (χ3v) is 8.97. The molecule has 1 aromatic carbocycles. The summed E-state index contributed by atoms with van der Waals surface area (Å²) in [5, 5.41) is 1.10. The van der Waals surface area contributed by atoms with E-state index in [0.29, 0.717) is 18.4 Å². The van der Waals surface area contributed by atoms with Gasteiger partial charge in [0, 0.05) is 25.5 Å². The topological polar surface area (TPSA) is 45.5 Å². The lowest BCUT2D eigenvalue weighted by atomic mass is 10.2. The number of rotatable bonds is 2. The number of nitrogens with zero attached hydrogens (tertiary/aromatic N) is 3. The third kappa shape index (κ3) is 3.39. The SMILES string of the molecule is CCN1/C(=C/C(C)=c2/s/c(=C3\SC(=S)N(C)C3=O)n(C)c2=O)Sc2ccccc21. The monoisotopic (exact) mass is 461 g/mol. The van der Waals surface area contributed by atoms with Crippen molar-refractivity contribution in [2.24, 2.45) is 7.05 Å². The van der Waals surface area contributed by atoms with Crippen molar-refractivity contribution >= 4 is 73.5 Å². The average Bonchev–Trinajstić information content (AvgIpc) is 3.29. The predicted octanol–water partition coefficient (Wildman–Crippen LogP) is 2.69. The molecule has 1 saturated heterocycles. The van der Waals surface area contributed by atoms with Crippen LogP contribution in [0.2, 0.25) is 0 Å². The number of hydrogen-bond acceptors (Lipinski definition) is 7. The van der Waals surface area contributed by atoms with Gasteiger partial charge in [-0.25, -0.2) is 0 Å². The Balaban J connectivity index is 1.86. The first-order valence-corrected chi connectivity index (χ1v) is 11.9. The molecule has 1 fully saturated rings. The number of hydrogen-bond donors (Lipinski definition) is 0. The Morgan fingerprint density at radius 1 is 1.17 bits per heavy atom. The van der Waals surface area contributed by atoms with Crippen LogP contribution in [-0.4, -0.2) is 33.3 Å². The van der Waals surface area contributed by atoms with Crippen molar-refractivity contribution < 1.29 is 4.79 Å². The van der Waals surface area contributed by atoms with Crippen LogP contribution in [0.5, 0.6) is 0 Å². The molecule has 1 aromatic heterocycles. The van der Waals surface area contributed by atoms with Crippen LogP contribution < -0.4 is 19.7 Å². The highest BCUT2D eigenvalue weighted by molar-refractivity contribution is 8.30. The van der Waals surface area contributed by atoms with Crippen LogP contribution in [0.25, 0.3) is 10.5 Å². The summed E-state index contributed by atoms with van der Waals surface area (Å²) < 4.78 is 3.36. The Bertz CT molecular complexity index is 1260. The largest absolute Gasteiger partial charge is 0.335 e. The van der Waals surface area contributed by atoms with Crippen molar-refractivity contribution in [2.45, 2.75) is 18.7 Å². The molecule has 0 atom stereocenters. The normalized spacial score (nSPS) is 20.8. The van der Waals surface area contributed by atoms with E-state index >= 15 is 0 Å². The van der Waals surface area contributed by atoms with Crippen molar-refractivity contribution in [1.82, 2.24) is 9.47 Å². The highest BCUT2D eigenvalue weighted by Crippen LogP contribution is 2.45. The lowest BCUT2D eigenvalue weighted by Crippen LogP contribution is -2.31. The molecule has 5 nitrogen and oxygen atoms in total. The van der Waals surface area contributed by atoms with Crippen LogP contribution in [0.15, 0.2) is 45.1 Å². The number of amides is 1. The number of thiazole rings is 1. The van der Waals surface area contributed by atoms with Gasteiger partial charge < -0.3 is 9.47 Å². The van der Waals surface area contributed by atoms with Crippen molar-refractivity contribution in [2.75, 3.05) is 18.5 Å². The summed E-state index contributed by atoms with van der Waals surface area (Å²) in [5.74, 6) is -0.154. The van der Waals surface area contributed by atoms with Gasteiger partial charge in [-0.2, -0.15) is 0 Å². The Morgan fingerprint density at radius 3 is 2.55 bits per heavy atom. The highest BCUT2D eigenvalue weighted by Gasteiger charge is 2.31. The molecule has 0 N–H and O–H groups in total. The molecular weight excluding hydrogens is 443 g/mol. The minimum absolute atomic E-state index is 0.0933. The second-order valence-corrected chi connectivity index (χ2v) is 10.3. The minimum atomic E-state index is -0.154. The van der Waals surface area contributed by atoms with Crippen molar-refractivity contribution in [1.29, 1.82) is 0 Å². The maximum Gasteiger partial charge on any atom is 0.269 e. The Kier molecular flexibility index (Phi) is 5.50. The van der Waals surface area contributed by atoms with E-state index in [1.807, 2.05) is 19.1 Å².